The van der Waals surface area contributed by atoms with Crippen molar-refractivity contribution in [3.05, 3.63) is 94.5 Å². The average Bonchev–Trinajstić information content (AvgIpc) is 2.79. The van der Waals surface area contributed by atoms with Crippen LogP contribution in [0, 0.1) is 6.92 Å². The van der Waals surface area contributed by atoms with E-state index in [0.717, 1.165) is 11.3 Å². The molecule has 6 nitrogen and oxygen atoms in total. The molecule has 4 aromatic rings. The molecule has 0 bridgehead atoms. The van der Waals surface area contributed by atoms with Crippen LogP contribution in [0.15, 0.2) is 77.6 Å². The molecule has 0 spiro atoms. The van der Waals surface area contributed by atoms with Gasteiger partial charge in [0.1, 0.15) is 11.6 Å². The number of carbonyl (C=O) groups excluding carboxylic acids is 1. The minimum Gasteiger partial charge on any atom is -0.497 e. The van der Waals surface area contributed by atoms with Crippen LogP contribution in [-0.4, -0.2) is 22.6 Å². The Morgan fingerprint density at radius 1 is 1.00 bits per heavy atom. The van der Waals surface area contributed by atoms with Crippen molar-refractivity contribution in [2.24, 2.45) is 0 Å². The number of nitrogens with zero attached hydrogens (tertiary/aromatic N) is 2. The fraction of sp³-hybridized carbons (Fsp3) is 0.160. The summed E-state index contributed by atoms with van der Waals surface area (Å²) in [6, 6.07) is 22.2. The average molecular weight is 413 g/mol. The van der Waals surface area contributed by atoms with Gasteiger partial charge in [-0.2, -0.15) is 0 Å². The predicted octanol–water partition coefficient (Wildman–Crippen LogP) is 4.27. The smallest absolute Gasteiger partial charge is 0.265 e. The first-order valence-corrected chi connectivity index (χ1v) is 10.1. The summed E-state index contributed by atoms with van der Waals surface area (Å²) in [5, 5.41) is 3.48. The number of benzene rings is 3. The van der Waals surface area contributed by atoms with E-state index in [-0.39, 0.29) is 11.5 Å². The van der Waals surface area contributed by atoms with Gasteiger partial charge in [0.15, 0.2) is 0 Å². The molecule has 1 amide bonds. The van der Waals surface area contributed by atoms with E-state index in [0.29, 0.717) is 40.9 Å². The number of hydrogen-bond donors (Lipinski definition) is 1. The molecule has 0 radical (unpaired) electrons. The number of carbonyl (C=O) groups is 1. The van der Waals surface area contributed by atoms with Gasteiger partial charge in [-0.15, -0.1) is 0 Å². The number of fused-ring (bicyclic) bond motifs is 1. The molecule has 156 valence electrons. The summed E-state index contributed by atoms with van der Waals surface area (Å²) in [6.45, 7) is 1.81. The van der Waals surface area contributed by atoms with Crippen LogP contribution < -0.4 is 15.6 Å². The highest BCUT2D eigenvalue weighted by Crippen LogP contribution is 2.17. The van der Waals surface area contributed by atoms with Gasteiger partial charge >= 0.3 is 0 Å². The third-order valence-electron chi connectivity index (χ3n) is 5.15. The van der Waals surface area contributed by atoms with Crippen LogP contribution in [0.5, 0.6) is 5.75 Å². The summed E-state index contributed by atoms with van der Waals surface area (Å²) >= 11 is 0. The van der Waals surface area contributed by atoms with E-state index in [4.69, 9.17) is 4.74 Å². The maximum absolute atomic E-state index is 12.9. The maximum atomic E-state index is 12.9. The zero-order chi connectivity index (χ0) is 21.8. The van der Waals surface area contributed by atoms with Crippen LogP contribution in [0.4, 0.5) is 5.69 Å². The normalized spacial score (nSPS) is 10.8. The van der Waals surface area contributed by atoms with Crippen molar-refractivity contribution in [3.8, 4) is 11.4 Å². The number of methoxy groups -OCH3 is 1. The Labute approximate surface area is 180 Å². The van der Waals surface area contributed by atoms with Gasteiger partial charge < -0.3 is 10.1 Å². The van der Waals surface area contributed by atoms with Crippen molar-refractivity contribution >= 4 is 22.5 Å². The van der Waals surface area contributed by atoms with Crippen molar-refractivity contribution < 1.29 is 9.53 Å². The molecule has 0 saturated heterocycles. The Bertz CT molecular complexity index is 1280. The monoisotopic (exact) mass is 413 g/mol. The zero-order valence-electron chi connectivity index (χ0n) is 17.5. The van der Waals surface area contributed by atoms with E-state index in [9.17, 15) is 9.59 Å². The first-order chi connectivity index (χ1) is 15.0. The van der Waals surface area contributed by atoms with Crippen molar-refractivity contribution in [1.29, 1.82) is 0 Å². The van der Waals surface area contributed by atoms with E-state index < -0.39 is 0 Å². The number of nitrogens with one attached hydrogen (secondary N) is 1. The van der Waals surface area contributed by atoms with Crippen molar-refractivity contribution in [3.63, 3.8) is 0 Å². The second kappa shape index (κ2) is 8.83. The fourth-order valence-electron chi connectivity index (χ4n) is 3.52. The number of ether oxygens (including phenoxy) is 1. The summed E-state index contributed by atoms with van der Waals surface area (Å²) in [4.78, 5) is 29.8. The molecular weight excluding hydrogens is 390 g/mol. The Morgan fingerprint density at radius 2 is 1.71 bits per heavy atom. The number of aryl methyl sites for hydroxylation is 2. The van der Waals surface area contributed by atoms with Gasteiger partial charge in [-0.25, -0.2) is 4.98 Å². The molecule has 0 unspecified atom stereocenters. The predicted molar refractivity (Wildman–Crippen MR) is 122 cm³/mol. The number of aromatic nitrogens is 2. The lowest BCUT2D eigenvalue weighted by Gasteiger charge is -2.12. The third-order valence-corrected chi connectivity index (χ3v) is 5.15. The van der Waals surface area contributed by atoms with Gasteiger partial charge in [0.05, 0.1) is 23.7 Å². The summed E-state index contributed by atoms with van der Waals surface area (Å²) in [6.07, 6.45) is 1.02. The summed E-state index contributed by atoms with van der Waals surface area (Å²) in [5.74, 6) is 1.34. The number of rotatable bonds is 6. The molecule has 0 aliphatic heterocycles. The maximum Gasteiger partial charge on any atom is 0.265 e. The number of amides is 1. The van der Waals surface area contributed by atoms with Crippen LogP contribution in [0.1, 0.15) is 17.8 Å². The molecule has 1 heterocycles. The molecule has 31 heavy (non-hydrogen) atoms. The minimum absolute atomic E-state index is 0.0655. The van der Waals surface area contributed by atoms with Crippen LogP contribution in [0.25, 0.3) is 16.6 Å². The van der Waals surface area contributed by atoms with Crippen LogP contribution in [0.2, 0.25) is 0 Å². The largest absolute Gasteiger partial charge is 0.497 e. The summed E-state index contributed by atoms with van der Waals surface area (Å²) in [7, 11) is 1.63. The highest BCUT2D eigenvalue weighted by atomic mass is 16.5. The topological polar surface area (TPSA) is 73.2 Å². The van der Waals surface area contributed by atoms with E-state index in [2.05, 4.69) is 10.3 Å². The number of anilines is 1. The fourth-order valence-corrected chi connectivity index (χ4v) is 3.52. The Balaban J connectivity index is 1.45. The Morgan fingerprint density at radius 3 is 2.42 bits per heavy atom. The lowest BCUT2D eigenvalue weighted by atomic mass is 10.1. The van der Waals surface area contributed by atoms with Gasteiger partial charge in [0.25, 0.3) is 5.56 Å². The second-order valence-corrected chi connectivity index (χ2v) is 7.26. The van der Waals surface area contributed by atoms with Crippen molar-refractivity contribution in [2.75, 3.05) is 12.4 Å². The third kappa shape index (κ3) is 4.48. The standard InChI is InChI=1S/C25H23N3O3/c1-17-26-23-6-4-3-5-22(23)25(30)28(17)20-12-10-19(11-13-20)27-24(29)16-9-18-7-14-21(31-2)15-8-18/h3-8,10-15H,9,16H2,1-2H3,(H,27,29). The molecular formula is C25H23N3O3. The number of para-hydroxylation sites is 1. The molecule has 0 saturated carbocycles. The van der Waals surface area contributed by atoms with Crippen molar-refractivity contribution in [2.45, 2.75) is 19.8 Å². The van der Waals surface area contributed by atoms with Crippen LogP contribution in [-0.2, 0) is 11.2 Å². The quantitative estimate of drug-likeness (QED) is 0.512. The first kappa shape index (κ1) is 20.3. The lowest BCUT2D eigenvalue weighted by molar-refractivity contribution is -0.116. The summed E-state index contributed by atoms with van der Waals surface area (Å²) in [5.41, 5.74) is 3.03. The lowest BCUT2D eigenvalue weighted by Crippen LogP contribution is -2.22. The van der Waals surface area contributed by atoms with Gasteiger partial charge in [0, 0.05) is 12.1 Å². The van der Waals surface area contributed by atoms with E-state index in [1.807, 2.05) is 61.5 Å². The summed E-state index contributed by atoms with van der Waals surface area (Å²) < 4.78 is 6.73. The Hall–Kier alpha value is -3.93. The SMILES string of the molecule is COc1ccc(CCC(=O)Nc2ccc(-n3c(C)nc4ccccc4c3=O)cc2)cc1. The van der Waals surface area contributed by atoms with Gasteiger partial charge in [-0.3, -0.25) is 14.2 Å². The van der Waals surface area contributed by atoms with E-state index in [1.165, 1.54) is 0 Å². The Kier molecular flexibility index (Phi) is 5.80. The van der Waals surface area contributed by atoms with Crippen LogP contribution in [0.3, 0.4) is 0 Å². The van der Waals surface area contributed by atoms with E-state index in [1.54, 1.807) is 29.9 Å². The van der Waals surface area contributed by atoms with Gasteiger partial charge in [0.2, 0.25) is 5.91 Å². The second-order valence-electron chi connectivity index (χ2n) is 7.26. The van der Waals surface area contributed by atoms with Gasteiger partial charge in [-0.1, -0.05) is 24.3 Å². The molecule has 3 aromatic carbocycles. The molecule has 0 fully saturated rings. The minimum atomic E-state index is -0.112. The number of hydrogen-bond acceptors (Lipinski definition) is 4. The molecule has 1 N–H and O–H groups in total. The molecule has 1 aromatic heterocycles. The van der Waals surface area contributed by atoms with Crippen molar-refractivity contribution in [1.82, 2.24) is 9.55 Å². The van der Waals surface area contributed by atoms with E-state index >= 15 is 0 Å². The highest BCUT2D eigenvalue weighted by Gasteiger charge is 2.10. The molecule has 6 heteroatoms. The van der Waals surface area contributed by atoms with Crippen LogP contribution >= 0.6 is 0 Å². The highest BCUT2D eigenvalue weighted by molar-refractivity contribution is 5.91. The zero-order valence-corrected chi connectivity index (χ0v) is 17.5. The molecule has 0 aliphatic rings. The van der Waals surface area contributed by atoms with Gasteiger partial charge in [-0.05, 0) is 67.4 Å². The first-order valence-electron chi connectivity index (χ1n) is 10.1. The molecule has 0 aliphatic carbocycles. The molecule has 4 rings (SSSR count). The molecule has 0 atom stereocenters.